The molecule has 0 saturated carbocycles. The van der Waals surface area contributed by atoms with Crippen LogP contribution >= 0.6 is 11.6 Å². The second kappa shape index (κ2) is 5.57. The summed E-state index contributed by atoms with van der Waals surface area (Å²) in [4.78, 5) is 0. The van der Waals surface area contributed by atoms with Gasteiger partial charge in [-0.25, -0.2) is 8.78 Å². The topological polar surface area (TPSA) is 12.0 Å². The predicted octanol–water partition coefficient (Wildman–Crippen LogP) is 5.10. The smallest absolute Gasteiger partial charge is 0.146 e. The van der Waals surface area contributed by atoms with E-state index in [4.69, 9.17) is 11.6 Å². The van der Waals surface area contributed by atoms with Crippen molar-refractivity contribution in [2.75, 3.05) is 5.32 Å². The van der Waals surface area contributed by atoms with Gasteiger partial charge in [0.25, 0.3) is 0 Å². The van der Waals surface area contributed by atoms with E-state index in [0.29, 0.717) is 10.6 Å². The zero-order chi connectivity index (χ0) is 14.0. The molecule has 0 saturated heterocycles. The number of hydrogen-bond donors (Lipinski definition) is 1. The van der Waals surface area contributed by atoms with Crippen molar-refractivity contribution in [3.8, 4) is 0 Å². The van der Waals surface area contributed by atoms with Gasteiger partial charge in [0.05, 0.1) is 5.69 Å². The minimum Gasteiger partial charge on any atom is -0.376 e. The molecule has 2 aromatic carbocycles. The molecule has 1 nitrogen and oxygen atoms in total. The fourth-order valence-corrected chi connectivity index (χ4v) is 2.05. The Morgan fingerprint density at radius 3 is 2.53 bits per heavy atom. The highest BCUT2D eigenvalue weighted by atomic mass is 35.5. The number of hydrogen-bond acceptors (Lipinski definition) is 1. The first-order chi connectivity index (χ1) is 8.97. The molecular weight excluding hydrogens is 268 g/mol. The lowest BCUT2D eigenvalue weighted by Gasteiger charge is -2.17. The molecule has 0 bridgehead atoms. The quantitative estimate of drug-likeness (QED) is 0.825. The Morgan fingerprint density at radius 1 is 1.11 bits per heavy atom. The molecule has 100 valence electrons. The van der Waals surface area contributed by atoms with E-state index in [0.717, 1.165) is 5.56 Å². The van der Waals surface area contributed by atoms with Crippen molar-refractivity contribution in [2.45, 2.75) is 19.9 Å². The molecule has 0 aromatic heterocycles. The number of rotatable bonds is 3. The average molecular weight is 282 g/mol. The summed E-state index contributed by atoms with van der Waals surface area (Å²) < 4.78 is 27.2. The highest BCUT2D eigenvalue weighted by Crippen LogP contribution is 2.25. The Hall–Kier alpha value is -1.61. The van der Waals surface area contributed by atoms with Gasteiger partial charge in [-0.3, -0.25) is 0 Å². The molecule has 2 aromatic rings. The molecule has 0 amide bonds. The summed E-state index contributed by atoms with van der Waals surface area (Å²) in [7, 11) is 0. The van der Waals surface area contributed by atoms with Crippen LogP contribution in [0.5, 0.6) is 0 Å². The number of benzene rings is 2. The minimum atomic E-state index is -0.465. The van der Waals surface area contributed by atoms with Crippen molar-refractivity contribution in [3.63, 3.8) is 0 Å². The molecule has 4 heteroatoms. The first kappa shape index (κ1) is 13.8. The highest BCUT2D eigenvalue weighted by molar-refractivity contribution is 6.30. The van der Waals surface area contributed by atoms with E-state index in [1.807, 2.05) is 19.1 Å². The third-order valence-electron chi connectivity index (χ3n) is 2.97. The van der Waals surface area contributed by atoms with Crippen LogP contribution in [-0.2, 0) is 0 Å². The van der Waals surface area contributed by atoms with Gasteiger partial charge in [-0.2, -0.15) is 0 Å². The second-order valence-corrected chi connectivity index (χ2v) is 4.94. The molecule has 0 aliphatic carbocycles. The molecule has 0 aliphatic rings. The SMILES string of the molecule is Cc1cc(F)c(NC(C)c2cccc(Cl)c2)cc1F. The summed E-state index contributed by atoms with van der Waals surface area (Å²) >= 11 is 5.91. The van der Waals surface area contributed by atoms with Crippen molar-refractivity contribution >= 4 is 17.3 Å². The van der Waals surface area contributed by atoms with Gasteiger partial charge in [-0.15, -0.1) is 0 Å². The van der Waals surface area contributed by atoms with E-state index in [2.05, 4.69) is 5.32 Å². The van der Waals surface area contributed by atoms with E-state index in [-0.39, 0.29) is 11.7 Å². The average Bonchev–Trinajstić information content (AvgIpc) is 2.36. The van der Waals surface area contributed by atoms with Crippen molar-refractivity contribution in [1.29, 1.82) is 0 Å². The van der Waals surface area contributed by atoms with Crippen LogP contribution in [0.2, 0.25) is 5.02 Å². The van der Waals surface area contributed by atoms with Crippen LogP contribution in [0.15, 0.2) is 36.4 Å². The van der Waals surface area contributed by atoms with E-state index < -0.39 is 11.6 Å². The van der Waals surface area contributed by atoms with Crippen molar-refractivity contribution in [2.24, 2.45) is 0 Å². The lowest BCUT2D eigenvalue weighted by Crippen LogP contribution is -2.08. The Morgan fingerprint density at radius 2 is 1.84 bits per heavy atom. The Kier molecular flexibility index (Phi) is 4.05. The number of halogens is 3. The van der Waals surface area contributed by atoms with Crippen molar-refractivity contribution in [1.82, 2.24) is 0 Å². The van der Waals surface area contributed by atoms with E-state index >= 15 is 0 Å². The largest absolute Gasteiger partial charge is 0.376 e. The van der Waals surface area contributed by atoms with E-state index in [1.54, 1.807) is 12.1 Å². The van der Waals surface area contributed by atoms with Crippen molar-refractivity contribution < 1.29 is 8.78 Å². The summed E-state index contributed by atoms with van der Waals surface area (Å²) in [5, 5.41) is 3.56. The Bertz CT molecular complexity index is 599. The van der Waals surface area contributed by atoms with Crippen LogP contribution in [0.25, 0.3) is 0 Å². The van der Waals surface area contributed by atoms with Crippen LogP contribution in [0.4, 0.5) is 14.5 Å². The first-order valence-electron chi connectivity index (χ1n) is 5.95. The number of anilines is 1. The van der Waals surface area contributed by atoms with Gasteiger partial charge in [0.1, 0.15) is 11.6 Å². The maximum atomic E-state index is 13.7. The molecule has 0 spiro atoms. The molecule has 0 aliphatic heterocycles. The zero-order valence-corrected chi connectivity index (χ0v) is 11.4. The number of nitrogens with one attached hydrogen (secondary N) is 1. The third-order valence-corrected chi connectivity index (χ3v) is 3.20. The number of aryl methyl sites for hydroxylation is 1. The van der Waals surface area contributed by atoms with Gasteiger partial charge in [-0.1, -0.05) is 23.7 Å². The Balaban J connectivity index is 2.24. The van der Waals surface area contributed by atoms with Crippen LogP contribution < -0.4 is 5.32 Å². The van der Waals surface area contributed by atoms with Gasteiger partial charge in [0.2, 0.25) is 0 Å². The molecular formula is C15H14ClF2N. The molecule has 1 N–H and O–H groups in total. The summed E-state index contributed by atoms with van der Waals surface area (Å²) in [6.07, 6.45) is 0. The predicted molar refractivity (Wildman–Crippen MR) is 74.6 cm³/mol. The molecule has 19 heavy (non-hydrogen) atoms. The molecule has 0 fully saturated rings. The van der Waals surface area contributed by atoms with Gasteiger partial charge in [-0.05, 0) is 43.2 Å². The summed E-state index contributed by atoms with van der Waals surface area (Å²) in [5.41, 5.74) is 1.35. The fourth-order valence-electron chi connectivity index (χ4n) is 1.85. The molecule has 0 radical (unpaired) electrons. The molecule has 0 heterocycles. The second-order valence-electron chi connectivity index (χ2n) is 4.50. The normalized spacial score (nSPS) is 12.3. The standard InChI is InChI=1S/C15H14ClF2N/c1-9-6-14(18)15(8-13(9)17)19-10(2)11-4-3-5-12(16)7-11/h3-8,10,19H,1-2H3. The van der Waals surface area contributed by atoms with Crippen LogP contribution in [0.3, 0.4) is 0 Å². The monoisotopic (exact) mass is 281 g/mol. The van der Waals surface area contributed by atoms with Gasteiger partial charge in [0.15, 0.2) is 0 Å². The van der Waals surface area contributed by atoms with Gasteiger partial charge in [0, 0.05) is 17.1 Å². The lowest BCUT2D eigenvalue weighted by atomic mass is 10.1. The van der Waals surface area contributed by atoms with Crippen LogP contribution in [0.1, 0.15) is 24.1 Å². The van der Waals surface area contributed by atoms with Gasteiger partial charge >= 0.3 is 0 Å². The third kappa shape index (κ3) is 3.24. The maximum Gasteiger partial charge on any atom is 0.146 e. The molecule has 2 rings (SSSR count). The highest BCUT2D eigenvalue weighted by Gasteiger charge is 2.11. The zero-order valence-electron chi connectivity index (χ0n) is 10.7. The van der Waals surface area contributed by atoms with Gasteiger partial charge < -0.3 is 5.32 Å². The van der Waals surface area contributed by atoms with E-state index in [9.17, 15) is 8.78 Å². The fraction of sp³-hybridized carbons (Fsp3) is 0.200. The first-order valence-corrected chi connectivity index (χ1v) is 6.33. The van der Waals surface area contributed by atoms with Crippen LogP contribution in [-0.4, -0.2) is 0 Å². The maximum absolute atomic E-state index is 13.7. The summed E-state index contributed by atoms with van der Waals surface area (Å²) in [6.45, 7) is 3.39. The summed E-state index contributed by atoms with van der Waals surface area (Å²) in [5.74, 6) is -0.894. The molecule has 1 atom stereocenters. The van der Waals surface area contributed by atoms with E-state index in [1.165, 1.54) is 19.1 Å². The van der Waals surface area contributed by atoms with Crippen molar-refractivity contribution in [3.05, 3.63) is 64.2 Å². The minimum absolute atomic E-state index is 0.149. The Labute approximate surface area is 116 Å². The molecule has 1 unspecified atom stereocenters. The lowest BCUT2D eigenvalue weighted by molar-refractivity contribution is 0.593. The van der Waals surface area contributed by atoms with Crippen LogP contribution in [0, 0.1) is 18.6 Å². The summed E-state index contributed by atoms with van der Waals surface area (Å²) in [6, 6.07) is 9.45.